The predicted octanol–water partition coefficient (Wildman–Crippen LogP) is 1.82. The average molecular weight is 235 g/mol. The summed E-state index contributed by atoms with van der Waals surface area (Å²) >= 11 is 0. The van der Waals surface area contributed by atoms with E-state index in [9.17, 15) is 8.42 Å². The van der Waals surface area contributed by atoms with Gasteiger partial charge in [-0.25, -0.2) is 8.42 Å². The van der Waals surface area contributed by atoms with Crippen molar-refractivity contribution in [3.05, 3.63) is 0 Å². The fourth-order valence-electron chi connectivity index (χ4n) is 1.05. The summed E-state index contributed by atoms with van der Waals surface area (Å²) in [5, 5.41) is 0. The summed E-state index contributed by atoms with van der Waals surface area (Å²) < 4.78 is 23.3. The third-order valence-corrected chi connectivity index (χ3v) is 4.33. The third kappa shape index (κ3) is 7.79. The first-order valence-electron chi connectivity index (χ1n) is 5.59. The second kappa shape index (κ2) is 5.85. The van der Waals surface area contributed by atoms with Gasteiger partial charge in [0.1, 0.15) is 9.84 Å². The van der Waals surface area contributed by atoms with Gasteiger partial charge in [0.25, 0.3) is 0 Å². The molecule has 0 amide bonds. The zero-order valence-electron chi connectivity index (χ0n) is 10.4. The van der Waals surface area contributed by atoms with Gasteiger partial charge < -0.3 is 5.73 Å². The smallest absolute Gasteiger partial charge is 0.150 e. The predicted molar refractivity (Wildman–Crippen MR) is 65.6 cm³/mol. The average Bonchev–Trinajstić information content (AvgIpc) is 2.13. The molecule has 0 aliphatic rings. The molecule has 0 aromatic heterocycles. The molecule has 0 saturated carbocycles. The first-order valence-corrected chi connectivity index (χ1v) is 7.41. The molecule has 0 radical (unpaired) electrons. The molecule has 4 heteroatoms. The molecule has 0 aromatic carbocycles. The molecule has 0 aliphatic heterocycles. The van der Waals surface area contributed by atoms with E-state index in [4.69, 9.17) is 5.73 Å². The Morgan fingerprint density at radius 2 is 1.73 bits per heavy atom. The van der Waals surface area contributed by atoms with Gasteiger partial charge in [0.05, 0.1) is 11.5 Å². The van der Waals surface area contributed by atoms with Crippen LogP contribution < -0.4 is 5.73 Å². The van der Waals surface area contributed by atoms with E-state index in [2.05, 4.69) is 0 Å². The van der Waals surface area contributed by atoms with Crippen LogP contribution in [0.15, 0.2) is 0 Å². The SMILES string of the molecule is CC(C)CCS(=O)(=O)CCC(C)(C)CN. The van der Waals surface area contributed by atoms with E-state index in [0.717, 1.165) is 6.42 Å². The molecule has 0 aliphatic carbocycles. The second-order valence-electron chi connectivity index (χ2n) is 5.45. The van der Waals surface area contributed by atoms with Gasteiger partial charge in [-0.05, 0) is 30.7 Å². The summed E-state index contributed by atoms with van der Waals surface area (Å²) in [6.45, 7) is 8.63. The lowest BCUT2D eigenvalue weighted by Crippen LogP contribution is -2.27. The maximum absolute atomic E-state index is 11.7. The highest BCUT2D eigenvalue weighted by Crippen LogP contribution is 2.19. The van der Waals surface area contributed by atoms with Crippen LogP contribution in [0.2, 0.25) is 0 Å². The molecule has 2 N–H and O–H groups in total. The van der Waals surface area contributed by atoms with E-state index >= 15 is 0 Å². The van der Waals surface area contributed by atoms with Crippen molar-refractivity contribution < 1.29 is 8.42 Å². The van der Waals surface area contributed by atoms with Crippen LogP contribution in [-0.4, -0.2) is 26.5 Å². The summed E-state index contributed by atoms with van der Waals surface area (Å²) in [7, 11) is -2.88. The largest absolute Gasteiger partial charge is 0.330 e. The maximum Gasteiger partial charge on any atom is 0.150 e. The fraction of sp³-hybridized carbons (Fsp3) is 1.00. The summed E-state index contributed by atoms with van der Waals surface area (Å²) in [5.41, 5.74) is 5.50. The minimum atomic E-state index is -2.88. The van der Waals surface area contributed by atoms with Gasteiger partial charge in [-0.15, -0.1) is 0 Å². The minimum absolute atomic E-state index is 0.0646. The lowest BCUT2D eigenvalue weighted by atomic mass is 9.91. The lowest BCUT2D eigenvalue weighted by molar-refractivity contribution is 0.365. The topological polar surface area (TPSA) is 60.2 Å². The van der Waals surface area contributed by atoms with Gasteiger partial charge in [0.15, 0.2) is 0 Å². The van der Waals surface area contributed by atoms with Crippen molar-refractivity contribution >= 4 is 9.84 Å². The molecular formula is C11H25NO2S. The van der Waals surface area contributed by atoms with Crippen molar-refractivity contribution in [3.8, 4) is 0 Å². The Balaban J connectivity index is 4.05. The van der Waals surface area contributed by atoms with Crippen molar-refractivity contribution in [1.82, 2.24) is 0 Å². The zero-order chi connectivity index (χ0) is 12.1. The van der Waals surface area contributed by atoms with Crippen molar-refractivity contribution in [1.29, 1.82) is 0 Å². The van der Waals surface area contributed by atoms with Crippen molar-refractivity contribution in [2.75, 3.05) is 18.1 Å². The van der Waals surface area contributed by atoms with E-state index in [1.807, 2.05) is 27.7 Å². The molecule has 0 spiro atoms. The second-order valence-corrected chi connectivity index (χ2v) is 7.76. The molecule has 0 unspecified atom stereocenters. The maximum atomic E-state index is 11.7. The van der Waals surface area contributed by atoms with Gasteiger partial charge in [-0.2, -0.15) is 0 Å². The summed E-state index contributed by atoms with van der Waals surface area (Å²) in [6, 6.07) is 0. The van der Waals surface area contributed by atoms with Gasteiger partial charge in [0.2, 0.25) is 0 Å². The quantitative estimate of drug-likeness (QED) is 0.732. The summed E-state index contributed by atoms with van der Waals surface area (Å²) in [6.07, 6.45) is 1.41. The normalized spacial score (nSPS) is 13.5. The monoisotopic (exact) mass is 235 g/mol. The Labute approximate surface area is 94.4 Å². The Morgan fingerprint density at radius 3 is 2.13 bits per heavy atom. The van der Waals surface area contributed by atoms with Gasteiger partial charge >= 0.3 is 0 Å². The lowest BCUT2D eigenvalue weighted by Gasteiger charge is -2.21. The van der Waals surface area contributed by atoms with E-state index in [1.165, 1.54) is 0 Å². The highest BCUT2D eigenvalue weighted by Gasteiger charge is 2.20. The number of hydrogen-bond acceptors (Lipinski definition) is 3. The Morgan fingerprint density at radius 1 is 1.20 bits per heavy atom. The molecule has 0 saturated heterocycles. The fourth-order valence-corrected chi connectivity index (χ4v) is 2.95. The van der Waals surface area contributed by atoms with Crippen LogP contribution in [-0.2, 0) is 9.84 Å². The molecule has 0 aromatic rings. The molecule has 3 nitrogen and oxygen atoms in total. The van der Waals surface area contributed by atoms with E-state index in [-0.39, 0.29) is 11.2 Å². The highest BCUT2D eigenvalue weighted by atomic mass is 32.2. The molecule has 0 atom stereocenters. The van der Waals surface area contributed by atoms with Crippen LogP contribution in [0, 0.1) is 11.3 Å². The molecule has 0 fully saturated rings. The Hall–Kier alpha value is -0.0900. The highest BCUT2D eigenvalue weighted by molar-refractivity contribution is 7.91. The third-order valence-electron chi connectivity index (χ3n) is 2.65. The first kappa shape index (κ1) is 14.9. The van der Waals surface area contributed by atoms with Gasteiger partial charge in [-0.3, -0.25) is 0 Å². The van der Waals surface area contributed by atoms with Crippen molar-refractivity contribution in [2.45, 2.75) is 40.5 Å². The van der Waals surface area contributed by atoms with Gasteiger partial charge in [0, 0.05) is 0 Å². The van der Waals surface area contributed by atoms with Crippen LogP contribution in [0.4, 0.5) is 0 Å². The Bertz CT molecular complexity index is 268. The minimum Gasteiger partial charge on any atom is -0.330 e. The van der Waals surface area contributed by atoms with E-state index < -0.39 is 9.84 Å². The van der Waals surface area contributed by atoms with Crippen LogP contribution in [0.25, 0.3) is 0 Å². The number of sulfone groups is 1. The van der Waals surface area contributed by atoms with E-state index in [0.29, 0.717) is 24.6 Å². The molecule has 15 heavy (non-hydrogen) atoms. The Kier molecular flexibility index (Phi) is 5.81. The summed E-state index contributed by atoms with van der Waals surface area (Å²) in [5.74, 6) is 1.03. The number of hydrogen-bond donors (Lipinski definition) is 1. The number of nitrogens with two attached hydrogens (primary N) is 1. The molecule has 0 rings (SSSR count). The standard InChI is InChI=1S/C11H25NO2S/c1-10(2)5-7-15(13,14)8-6-11(3,4)9-12/h10H,5-9,12H2,1-4H3. The van der Waals surface area contributed by atoms with Crippen molar-refractivity contribution in [3.63, 3.8) is 0 Å². The molecular weight excluding hydrogens is 210 g/mol. The summed E-state index contributed by atoms with van der Waals surface area (Å²) in [4.78, 5) is 0. The van der Waals surface area contributed by atoms with Crippen LogP contribution in [0.1, 0.15) is 40.5 Å². The van der Waals surface area contributed by atoms with Crippen LogP contribution in [0.3, 0.4) is 0 Å². The number of rotatable bonds is 7. The van der Waals surface area contributed by atoms with Crippen LogP contribution in [0.5, 0.6) is 0 Å². The van der Waals surface area contributed by atoms with Crippen LogP contribution >= 0.6 is 0 Å². The molecule has 0 heterocycles. The molecule has 92 valence electrons. The van der Waals surface area contributed by atoms with E-state index in [1.54, 1.807) is 0 Å². The van der Waals surface area contributed by atoms with Crippen molar-refractivity contribution in [2.24, 2.45) is 17.1 Å². The molecule has 0 bridgehead atoms. The van der Waals surface area contributed by atoms with Gasteiger partial charge in [-0.1, -0.05) is 27.7 Å². The zero-order valence-corrected chi connectivity index (χ0v) is 11.2. The first-order chi connectivity index (χ1) is 6.68.